The number of anilines is 1. The summed E-state index contributed by atoms with van der Waals surface area (Å²) in [6.45, 7) is 0.114. The number of non-ortho nitro benzene ring substituents is 1. The van der Waals surface area contributed by atoms with Crippen molar-refractivity contribution in [1.82, 2.24) is 15.0 Å². The summed E-state index contributed by atoms with van der Waals surface area (Å²) in [7, 11) is -2.01. The SMILES string of the molecule is CNS(=O)(=O)CCNc1ccc([N+](=O)[O-])c2nonc12. The molecule has 0 aliphatic heterocycles. The fourth-order valence-corrected chi connectivity index (χ4v) is 2.14. The molecule has 0 amide bonds. The van der Waals surface area contributed by atoms with Gasteiger partial charge in [0, 0.05) is 12.6 Å². The molecule has 0 bridgehead atoms. The number of nitrogens with zero attached hydrogens (tertiary/aromatic N) is 3. The Hall–Kier alpha value is -2.27. The molecule has 0 fully saturated rings. The van der Waals surface area contributed by atoms with Crippen LogP contribution in [0.5, 0.6) is 0 Å². The molecule has 11 heteroatoms. The van der Waals surface area contributed by atoms with Crippen LogP contribution in [0.3, 0.4) is 0 Å². The zero-order valence-electron chi connectivity index (χ0n) is 10.4. The average Bonchev–Trinajstić information content (AvgIpc) is 2.87. The summed E-state index contributed by atoms with van der Waals surface area (Å²) in [5, 5.41) is 20.7. The molecule has 0 saturated carbocycles. The molecular weight excluding hydrogens is 290 g/mol. The first-order valence-corrected chi connectivity index (χ1v) is 7.14. The van der Waals surface area contributed by atoms with E-state index in [-0.39, 0.29) is 29.0 Å². The summed E-state index contributed by atoms with van der Waals surface area (Å²) in [6, 6.07) is 2.68. The molecule has 0 unspecified atom stereocenters. The van der Waals surface area contributed by atoms with Crippen molar-refractivity contribution in [3.05, 3.63) is 22.2 Å². The Kier molecular flexibility index (Phi) is 3.81. The van der Waals surface area contributed by atoms with Crippen LogP contribution in [0.15, 0.2) is 16.8 Å². The number of nitro groups is 1. The predicted octanol–water partition coefficient (Wildman–Crippen LogP) is 0.0921. The number of aromatic nitrogens is 2. The monoisotopic (exact) mass is 301 g/mol. The van der Waals surface area contributed by atoms with Crippen LogP contribution in [0.4, 0.5) is 11.4 Å². The van der Waals surface area contributed by atoms with Crippen LogP contribution in [0.1, 0.15) is 0 Å². The minimum absolute atomic E-state index is 0.0106. The highest BCUT2D eigenvalue weighted by atomic mass is 32.2. The summed E-state index contributed by atoms with van der Waals surface area (Å²) >= 11 is 0. The second-order valence-corrected chi connectivity index (χ2v) is 5.85. The quantitative estimate of drug-likeness (QED) is 0.565. The Morgan fingerprint density at radius 3 is 2.70 bits per heavy atom. The first-order chi connectivity index (χ1) is 9.44. The third-order valence-corrected chi connectivity index (χ3v) is 3.95. The van der Waals surface area contributed by atoms with Crippen molar-refractivity contribution < 1.29 is 18.0 Å². The van der Waals surface area contributed by atoms with E-state index in [1.165, 1.54) is 19.2 Å². The number of rotatable bonds is 6. The third kappa shape index (κ3) is 2.83. The highest BCUT2D eigenvalue weighted by Gasteiger charge is 2.19. The van der Waals surface area contributed by atoms with E-state index in [9.17, 15) is 18.5 Å². The van der Waals surface area contributed by atoms with Gasteiger partial charge in [0.25, 0.3) is 0 Å². The molecule has 108 valence electrons. The van der Waals surface area contributed by atoms with Crippen LogP contribution >= 0.6 is 0 Å². The first kappa shape index (κ1) is 14.1. The Morgan fingerprint density at radius 2 is 2.05 bits per heavy atom. The fraction of sp³-hybridized carbons (Fsp3) is 0.333. The molecule has 20 heavy (non-hydrogen) atoms. The average molecular weight is 301 g/mol. The van der Waals surface area contributed by atoms with Gasteiger partial charge in [-0.15, -0.1) is 0 Å². The van der Waals surface area contributed by atoms with Crippen molar-refractivity contribution in [2.45, 2.75) is 0 Å². The van der Waals surface area contributed by atoms with Crippen LogP contribution in [0.25, 0.3) is 11.0 Å². The van der Waals surface area contributed by atoms with Crippen LogP contribution in [-0.2, 0) is 10.0 Å². The molecule has 2 N–H and O–H groups in total. The van der Waals surface area contributed by atoms with E-state index in [0.29, 0.717) is 5.69 Å². The minimum Gasteiger partial charge on any atom is -0.382 e. The Morgan fingerprint density at radius 1 is 1.35 bits per heavy atom. The number of fused-ring (bicyclic) bond motifs is 1. The number of nitro benzene ring substituents is 1. The van der Waals surface area contributed by atoms with Crippen LogP contribution in [-0.4, -0.2) is 43.0 Å². The number of nitrogens with one attached hydrogen (secondary N) is 2. The Balaban J connectivity index is 2.22. The molecule has 2 rings (SSSR count). The van der Waals surface area contributed by atoms with E-state index >= 15 is 0 Å². The molecule has 0 aliphatic rings. The molecule has 1 aromatic carbocycles. The topological polar surface area (TPSA) is 140 Å². The standard InChI is InChI=1S/C9H11N5O5S/c1-10-20(17,18)5-4-11-6-2-3-7(14(15)16)9-8(6)12-19-13-9/h2-3,10-11H,4-5H2,1H3. The van der Waals surface area contributed by atoms with Gasteiger partial charge in [-0.3, -0.25) is 10.1 Å². The van der Waals surface area contributed by atoms with Gasteiger partial charge >= 0.3 is 5.69 Å². The Labute approximate surface area is 113 Å². The zero-order chi connectivity index (χ0) is 14.8. The van der Waals surface area contributed by atoms with Gasteiger partial charge in [0.1, 0.15) is 0 Å². The maximum Gasteiger partial charge on any atom is 0.300 e. The van der Waals surface area contributed by atoms with Crippen LogP contribution in [0.2, 0.25) is 0 Å². The minimum atomic E-state index is -3.33. The van der Waals surface area contributed by atoms with E-state index in [4.69, 9.17) is 0 Å². The smallest absolute Gasteiger partial charge is 0.300 e. The summed E-state index contributed by atoms with van der Waals surface area (Å²) in [4.78, 5) is 10.2. The van der Waals surface area contributed by atoms with Gasteiger partial charge in [-0.25, -0.2) is 17.8 Å². The Bertz CT molecular complexity index is 740. The van der Waals surface area contributed by atoms with E-state index in [0.717, 1.165) is 0 Å². The van der Waals surface area contributed by atoms with Gasteiger partial charge in [0.2, 0.25) is 15.5 Å². The fourth-order valence-electron chi connectivity index (χ4n) is 1.57. The summed E-state index contributed by atoms with van der Waals surface area (Å²) in [6.07, 6.45) is 0. The van der Waals surface area contributed by atoms with Crippen molar-refractivity contribution in [3.8, 4) is 0 Å². The molecule has 2 aromatic rings. The van der Waals surface area contributed by atoms with Crippen LogP contribution < -0.4 is 10.0 Å². The summed E-state index contributed by atoms with van der Waals surface area (Å²) < 4.78 is 29.2. The van der Waals surface area contributed by atoms with Gasteiger partial charge in [-0.1, -0.05) is 0 Å². The molecule has 1 heterocycles. The van der Waals surface area contributed by atoms with Crippen LogP contribution in [0, 0.1) is 10.1 Å². The molecule has 1 aromatic heterocycles. The second-order valence-electron chi connectivity index (χ2n) is 3.80. The lowest BCUT2D eigenvalue weighted by molar-refractivity contribution is -0.383. The van der Waals surface area contributed by atoms with E-state index in [1.54, 1.807) is 0 Å². The van der Waals surface area contributed by atoms with E-state index in [2.05, 4.69) is 25.0 Å². The summed E-state index contributed by atoms with van der Waals surface area (Å²) in [5.74, 6) is -0.146. The molecule has 0 aliphatic carbocycles. The normalized spacial score (nSPS) is 11.7. The molecule has 0 spiro atoms. The van der Waals surface area contributed by atoms with Gasteiger partial charge in [-0.2, -0.15) is 0 Å². The third-order valence-electron chi connectivity index (χ3n) is 2.59. The molecule has 0 radical (unpaired) electrons. The number of benzene rings is 1. The lowest BCUT2D eigenvalue weighted by Gasteiger charge is -2.06. The molecule has 10 nitrogen and oxygen atoms in total. The van der Waals surface area contributed by atoms with Gasteiger partial charge in [0.15, 0.2) is 5.52 Å². The highest BCUT2D eigenvalue weighted by Crippen LogP contribution is 2.28. The number of hydrogen-bond donors (Lipinski definition) is 2. The molecule has 0 saturated heterocycles. The zero-order valence-corrected chi connectivity index (χ0v) is 11.2. The highest BCUT2D eigenvalue weighted by molar-refractivity contribution is 7.89. The number of sulfonamides is 1. The van der Waals surface area contributed by atoms with E-state index < -0.39 is 14.9 Å². The maximum absolute atomic E-state index is 11.3. The van der Waals surface area contributed by atoms with Gasteiger partial charge < -0.3 is 5.32 Å². The largest absolute Gasteiger partial charge is 0.382 e. The van der Waals surface area contributed by atoms with Gasteiger partial charge in [-0.05, 0) is 23.4 Å². The van der Waals surface area contributed by atoms with Crippen molar-refractivity contribution in [1.29, 1.82) is 0 Å². The lowest BCUT2D eigenvalue weighted by Crippen LogP contribution is -2.26. The van der Waals surface area contributed by atoms with Crippen molar-refractivity contribution >= 4 is 32.4 Å². The number of hydrogen-bond acceptors (Lipinski definition) is 8. The molecule has 0 atom stereocenters. The lowest BCUT2D eigenvalue weighted by atomic mass is 10.2. The second kappa shape index (κ2) is 5.38. The van der Waals surface area contributed by atoms with E-state index in [1.807, 2.05) is 0 Å². The van der Waals surface area contributed by atoms with Crippen molar-refractivity contribution in [2.75, 3.05) is 24.7 Å². The first-order valence-electron chi connectivity index (χ1n) is 5.49. The van der Waals surface area contributed by atoms with Gasteiger partial charge in [0.05, 0.1) is 16.4 Å². The van der Waals surface area contributed by atoms with Crippen molar-refractivity contribution in [3.63, 3.8) is 0 Å². The summed E-state index contributed by atoms with van der Waals surface area (Å²) in [5.41, 5.74) is 0.380. The molecular formula is C9H11N5O5S. The predicted molar refractivity (Wildman–Crippen MR) is 69.8 cm³/mol. The van der Waals surface area contributed by atoms with Crippen molar-refractivity contribution in [2.24, 2.45) is 0 Å². The maximum atomic E-state index is 11.3.